The van der Waals surface area contributed by atoms with Gasteiger partial charge in [0.15, 0.2) is 0 Å². The molecule has 0 heterocycles. The van der Waals surface area contributed by atoms with Gasteiger partial charge in [0.2, 0.25) is 0 Å². The summed E-state index contributed by atoms with van der Waals surface area (Å²) in [7, 11) is 0. The molecule has 0 spiro atoms. The standard InChI is InChI=1S/C24H50S/c1-5-9-13-14-15-16-17-18-20-23(19-10-6-2)24(25,21-11-7-3)22-12-8-4/h23,25H,5-22H2,1-4H3. The first-order chi connectivity index (χ1) is 12.1. The molecule has 1 heteroatoms. The van der Waals surface area contributed by atoms with Crippen LogP contribution >= 0.6 is 12.6 Å². The number of unbranched alkanes of at least 4 members (excludes halogenated alkanes) is 10. The Morgan fingerprint density at radius 3 is 1.40 bits per heavy atom. The zero-order chi connectivity index (χ0) is 18.8. The van der Waals surface area contributed by atoms with Gasteiger partial charge in [-0.2, -0.15) is 12.6 Å². The zero-order valence-electron chi connectivity index (χ0n) is 18.3. The molecule has 0 aliphatic carbocycles. The first-order valence-corrected chi connectivity index (χ1v) is 12.3. The van der Waals surface area contributed by atoms with Crippen molar-refractivity contribution in [2.45, 2.75) is 148 Å². The fraction of sp³-hybridized carbons (Fsp3) is 1.00. The molecule has 0 radical (unpaired) electrons. The lowest BCUT2D eigenvalue weighted by atomic mass is 9.77. The van der Waals surface area contributed by atoms with Gasteiger partial charge in [0.05, 0.1) is 0 Å². The van der Waals surface area contributed by atoms with E-state index in [4.69, 9.17) is 12.6 Å². The van der Waals surface area contributed by atoms with Gasteiger partial charge in [0, 0.05) is 4.75 Å². The van der Waals surface area contributed by atoms with Crippen molar-refractivity contribution in [3.63, 3.8) is 0 Å². The van der Waals surface area contributed by atoms with Crippen LogP contribution in [0.5, 0.6) is 0 Å². The van der Waals surface area contributed by atoms with Crippen LogP contribution in [0.4, 0.5) is 0 Å². The van der Waals surface area contributed by atoms with Crippen LogP contribution < -0.4 is 0 Å². The van der Waals surface area contributed by atoms with Gasteiger partial charge in [0.25, 0.3) is 0 Å². The van der Waals surface area contributed by atoms with E-state index < -0.39 is 0 Å². The van der Waals surface area contributed by atoms with Gasteiger partial charge in [-0.05, 0) is 31.6 Å². The van der Waals surface area contributed by atoms with E-state index in [0.29, 0.717) is 4.75 Å². The summed E-state index contributed by atoms with van der Waals surface area (Å²) < 4.78 is 0.308. The van der Waals surface area contributed by atoms with E-state index in [9.17, 15) is 0 Å². The highest BCUT2D eigenvalue weighted by molar-refractivity contribution is 7.81. The van der Waals surface area contributed by atoms with Crippen LogP contribution in [0.15, 0.2) is 0 Å². The van der Waals surface area contributed by atoms with Gasteiger partial charge in [-0.1, -0.05) is 118 Å². The molecule has 152 valence electrons. The van der Waals surface area contributed by atoms with Crippen molar-refractivity contribution in [3.05, 3.63) is 0 Å². The Morgan fingerprint density at radius 1 is 0.520 bits per heavy atom. The predicted molar refractivity (Wildman–Crippen MR) is 121 cm³/mol. The van der Waals surface area contributed by atoms with Gasteiger partial charge in [-0.15, -0.1) is 0 Å². The van der Waals surface area contributed by atoms with Crippen molar-refractivity contribution in [1.29, 1.82) is 0 Å². The van der Waals surface area contributed by atoms with Crippen LogP contribution in [0.1, 0.15) is 143 Å². The molecular formula is C24H50S. The molecule has 0 aromatic rings. The summed E-state index contributed by atoms with van der Waals surface area (Å²) in [6, 6.07) is 0. The predicted octanol–water partition coefficient (Wildman–Crippen LogP) is 9.37. The van der Waals surface area contributed by atoms with Gasteiger partial charge >= 0.3 is 0 Å². The van der Waals surface area contributed by atoms with Crippen LogP contribution in [0.2, 0.25) is 0 Å². The maximum atomic E-state index is 5.34. The van der Waals surface area contributed by atoms with Crippen molar-refractivity contribution in [2.24, 2.45) is 5.92 Å². The molecule has 0 rings (SSSR count). The third kappa shape index (κ3) is 13.2. The molecule has 0 N–H and O–H groups in total. The molecule has 0 fully saturated rings. The molecular weight excluding hydrogens is 320 g/mol. The average molecular weight is 371 g/mol. The maximum Gasteiger partial charge on any atom is 0.0158 e. The van der Waals surface area contributed by atoms with E-state index in [-0.39, 0.29) is 0 Å². The van der Waals surface area contributed by atoms with Crippen molar-refractivity contribution < 1.29 is 0 Å². The first kappa shape index (κ1) is 25.4. The number of thiol groups is 1. The second-order valence-electron chi connectivity index (χ2n) is 8.41. The normalized spacial score (nSPS) is 13.3. The van der Waals surface area contributed by atoms with Gasteiger partial charge in [0.1, 0.15) is 0 Å². The van der Waals surface area contributed by atoms with Crippen LogP contribution in [0, 0.1) is 5.92 Å². The molecule has 0 aromatic carbocycles. The number of rotatable bonds is 19. The summed E-state index contributed by atoms with van der Waals surface area (Å²) in [5, 5.41) is 0. The van der Waals surface area contributed by atoms with Crippen molar-refractivity contribution in [1.82, 2.24) is 0 Å². The Hall–Kier alpha value is 0.350. The van der Waals surface area contributed by atoms with Gasteiger partial charge in [-0.3, -0.25) is 0 Å². The van der Waals surface area contributed by atoms with E-state index in [0.717, 1.165) is 5.92 Å². The Morgan fingerprint density at radius 2 is 0.920 bits per heavy atom. The molecule has 1 unspecified atom stereocenters. The fourth-order valence-electron chi connectivity index (χ4n) is 4.16. The smallest absolute Gasteiger partial charge is 0.0158 e. The highest BCUT2D eigenvalue weighted by atomic mass is 32.1. The lowest BCUT2D eigenvalue weighted by Gasteiger charge is -2.38. The largest absolute Gasteiger partial charge is 0.172 e. The van der Waals surface area contributed by atoms with E-state index in [1.54, 1.807) is 0 Å². The molecule has 0 aliphatic heterocycles. The number of hydrogen-bond acceptors (Lipinski definition) is 1. The van der Waals surface area contributed by atoms with E-state index in [1.807, 2.05) is 0 Å². The Kier molecular flexibility index (Phi) is 18.0. The first-order valence-electron chi connectivity index (χ1n) is 11.9. The summed E-state index contributed by atoms with van der Waals surface area (Å²) in [6.07, 6.45) is 25.0. The second-order valence-corrected chi connectivity index (χ2v) is 9.30. The lowest BCUT2D eigenvalue weighted by Crippen LogP contribution is -2.32. The maximum absolute atomic E-state index is 5.34. The Bertz CT molecular complexity index is 253. The molecule has 0 saturated carbocycles. The highest BCUT2D eigenvalue weighted by Crippen LogP contribution is 2.41. The molecule has 0 aromatic heterocycles. The second kappa shape index (κ2) is 17.7. The van der Waals surface area contributed by atoms with Crippen molar-refractivity contribution in [2.75, 3.05) is 0 Å². The topological polar surface area (TPSA) is 0 Å². The van der Waals surface area contributed by atoms with Crippen LogP contribution in [0.3, 0.4) is 0 Å². The summed E-state index contributed by atoms with van der Waals surface area (Å²) >= 11 is 5.34. The number of hydrogen-bond donors (Lipinski definition) is 1. The molecule has 1 atom stereocenters. The minimum absolute atomic E-state index is 0.308. The molecule has 25 heavy (non-hydrogen) atoms. The summed E-state index contributed by atoms with van der Waals surface area (Å²) in [5.41, 5.74) is 0. The monoisotopic (exact) mass is 370 g/mol. The Labute approximate surface area is 166 Å². The SMILES string of the molecule is CCCCCCCCCCC(CCCC)C(S)(CCCC)CCCC. The molecule has 0 nitrogen and oxygen atoms in total. The van der Waals surface area contributed by atoms with Crippen molar-refractivity contribution >= 4 is 12.6 Å². The average Bonchev–Trinajstić information content (AvgIpc) is 2.62. The van der Waals surface area contributed by atoms with Crippen molar-refractivity contribution in [3.8, 4) is 0 Å². The third-order valence-electron chi connectivity index (χ3n) is 6.00. The van der Waals surface area contributed by atoms with Crippen LogP contribution in [0.25, 0.3) is 0 Å². The zero-order valence-corrected chi connectivity index (χ0v) is 19.1. The van der Waals surface area contributed by atoms with Crippen LogP contribution in [-0.4, -0.2) is 4.75 Å². The summed E-state index contributed by atoms with van der Waals surface area (Å²) in [4.78, 5) is 0. The highest BCUT2D eigenvalue weighted by Gasteiger charge is 2.33. The Balaban J connectivity index is 4.35. The lowest BCUT2D eigenvalue weighted by molar-refractivity contribution is 0.277. The van der Waals surface area contributed by atoms with E-state index in [2.05, 4.69) is 27.7 Å². The molecule has 0 amide bonds. The minimum atomic E-state index is 0.308. The minimum Gasteiger partial charge on any atom is -0.172 e. The molecule has 0 bridgehead atoms. The summed E-state index contributed by atoms with van der Waals surface area (Å²) in [5.74, 6) is 0.842. The fourth-order valence-corrected chi connectivity index (χ4v) is 4.73. The summed E-state index contributed by atoms with van der Waals surface area (Å²) in [6.45, 7) is 9.30. The van der Waals surface area contributed by atoms with Gasteiger partial charge < -0.3 is 0 Å². The molecule has 0 saturated heterocycles. The molecule has 0 aliphatic rings. The quantitative estimate of drug-likeness (QED) is 0.170. The van der Waals surface area contributed by atoms with E-state index in [1.165, 1.54) is 116 Å². The third-order valence-corrected chi connectivity index (χ3v) is 6.81. The van der Waals surface area contributed by atoms with Gasteiger partial charge in [-0.25, -0.2) is 0 Å². The van der Waals surface area contributed by atoms with E-state index >= 15 is 0 Å². The van der Waals surface area contributed by atoms with Crippen LogP contribution in [-0.2, 0) is 0 Å².